The lowest BCUT2D eigenvalue weighted by atomic mass is 10.3. The Morgan fingerprint density at radius 2 is 2.00 bits per heavy atom. The highest BCUT2D eigenvalue weighted by molar-refractivity contribution is 5.79. The van der Waals surface area contributed by atoms with Gasteiger partial charge in [0, 0.05) is 19.8 Å². The van der Waals surface area contributed by atoms with E-state index in [1.54, 1.807) is 0 Å². The second-order valence-corrected chi connectivity index (χ2v) is 2.81. The summed E-state index contributed by atoms with van der Waals surface area (Å²) < 4.78 is 2.01. The quantitative estimate of drug-likeness (QED) is 0.751. The predicted octanol–water partition coefficient (Wildman–Crippen LogP) is 2.64. The van der Waals surface area contributed by atoms with Crippen molar-refractivity contribution in [2.24, 2.45) is 7.05 Å². The van der Waals surface area contributed by atoms with Gasteiger partial charge in [-0.3, -0.25) is 0 Å². The van der Waals surface area contributed by atoms with Crippen LogP contribution in [0.4, 0.5) is 5.69 Å². The van der Waals surface area contributed by atoms with Gasteiger partial charge < -0.3 is 9.88 Å². The van der Waals surface area contributed by atoms with Crippen LogP contribution in [0.2, 0.25) is 0 Å². The molecule has 2 aromatic rings. The molecule has 0 saturated carbocycles. The van der Waals surface area contributed by atoms with Crippen molar-refractivity contribution in [1.82, 2.24) is 9.55 Å². The van der Waals surface area contributed by atoms with Crippen LogP contribution in [-0.2, 0) is 7.05 Å². The van der Waals surface area contributed by atoms with Crippen molar-refractivity contribution in [1.29, 1.82) is 0 Å². The lowest BCUT2D eigenvalue weighted by Gasteiger charge is -1.98. The molecule has 3 heteroatoms. The molecule has 3 nitrogen and oxygen atoms in total. The van der Waals surface area contributed by atoms with E-state index < -0.39 is 0 Å². The lowest BCUT2D eigenvalue weighted by molar-refractivity contribution is 0.948. The highest BCUT2D eigenvalue weighted by Crippen LogP contribution is 2.16. The van der Waals surface area contributed by atoms with E-state index in [2.05, 4.69) is 16.4 Å². The highest BCUT2D eigenvalue weighted by Gasteiger charge is 1.98. The van der Waals surface area contributed by atoms with Crippen LogP contribution in [-0.4, -0.2) is 16.6 Å². The zero-order valence-electron chi connectivity index (χ0n) is 9.20. The molecule has 0 aliphatic carbocycles. The van der Waals surface area contributed by atoms with Gasteiger partial charge in [-0.1, -0.05) is 13.8 Å². The van der Waals surface area contributed by atoms with Crippen molar-refractivity contribution in [3.05, 3.63) is 24.5 Å². The summed E-state index contributed by atoms with van der Waals surface area (Å²) in [5.74, 6) is 0. The fourth-order valence-corrected chi connectivity index (χ4v) is 1.29. The number of rotatable bonds is 1. The zero-order chi connectivity index (χ0) is 10.6. The summed E-state index contributed by atoms with van der Waals surface area (Å²) in [4.78, 5) is 4.25. The van der Waals surface area contributed by atoms with Crippen LogP contribution in [0.1, 0.15) is 13.8 Å². The van der Waals surface area contributed by atoms with Crippen LogP contribution < -0.4 is 5.32 Å². The van der Waals surface area contributed by atoms with Gasteiger partial charge in [-0.15, -0.1) is 0 Å². The smallest absolute Gasteiger partial charge is 0.0955 e. The predicted molar refractivity (Wildman–Crippen MR) is 61.6 cm³/mol. The Bertz CT molecular complexity index is 404. The van der Waals surface area contributed by atoms with Crippen molar-refractivity contribution in [2.45, 2.75) is 13.8 Å². The summed E-state index contributed by atoms with van der Waals surface area (Å²) >= 11 is 0. The van der Waals surface area contributed by atoms with E-state index in [9.17, 15) is 0 Å². The molecule has 0 saturated heterocycles. The van der Waals surface area contributed by atoms with E-state index in [0.717, 1.165) is 16.7 Å². The Morgan fingerprint density at radius 3 is 2.64 bits per heavy atom. The van der Waals surface area contributed by atoms with E-state index >= 15 is 0 Å². The van der Waals surface area contributed by atoms with E-state index in [0.29, 0.717) is 0 Å². The Balaban J connectivity index is 0.000000461. The molecule has 2 rings (SSSR count). The van der Waals surface area contributed by atoms with Crippen LogP contribution >= 0.6 is 0 Å². The molecule has 0 spiro atoms. The molecule has 1 aromatic carbocycles. The standard InChI is InChI=1S/C9H11N3.C2H6/c1-10-7-3-4-9-8(5-7)11-6-12(9)2;1-2/h3-6,10H,1-2H3;1-2H3. The zero-order valence-corrected chi connectivity index (χ0v) is 9.20. The SMILES string of the molecule is CC.CNc1ccc2c(c1)ncn2C. The minimum Gasteiger partial charge on any atom is -0.388 e. The van der Waals surface area contributed by atoms with Gasteiger partial charge in [-0.2, -0.15) is 0 Å². The lowest BCUT2D eigenvalue weighted by Crippen LogP contribution is -1.88. The summed E-state index contributed by atoms with van der Waals surface area (Å²) in [6, 6.07) is 6.15. The molecule has 0 radical (unpaired) electrons. The molecule has 0 aliphatic heterocycles. The molecule has 0 amide bonds. The van der Waals surface area contributed by atoms with Crippen molar-refractivity contribution in [3.8, 4) is 0 Å². The first-order valence-electron chi connectivity index (χ1n) is 4.90. The number of anilines is 1. The Hall–Kier alpha value is -1.51. The summed E-state index contributed by atoms with van der Waals surface area (Å²) in [5, 5.41) is 3.08. The fourth-order valence-electron chi connectivity index (χ4n) is 1.29. The first-order valence-corrected chi connectivity index (χ1v) is 4.90. The molecule has 76 valence electrons. The number of imidazole rings is 1. The Morgan fingerprint density at radius 1 is 1.29 bits per heavy atom. The number of aryl methyl sites for hydroxylation is 1. The summed E-state index contributed by atoms with van der Waals surface area (Å²) in [7, 11) is 3.90. The summed E-state index contributed by atoms with van der Waals surface area (Å²) in [6.45, 7) is 4.00. The molecular formula is C11H17N3. The number of fused-ring (bicyclic) bond motifs is 1. The maximum Gasteiger partial charge on any atom is 0.0955 e. The molecule has 1 N–H and O–H groups in total. The summed E-state index contributed by atoms with van der Waals surface area (Å²) in [5.41, 5.74) is 3.29. The highest BCUT2D eigenvalue weighted by atomic mass is 15.0. The molecule has 1 heterocycles. The van der Waals surface area contributed by atoms with E-state index in [-0.39, 0.29) is 0 Å². The third kappa shape index (κ3) is 1.87. The normalized spacial score (nSPS) is 9.43. The first-order chi connectivity index (χ1) is 6.81. The Kier molecular flexibility index (Phi) is 3.51. The third-order valence-corrected chi connectivity index (χ3v) is 2.01. The van der Waals surface area contributed by atoms with Crippen molar-refractivity contribution < 1.29 is 0 Å². The molecule has 0 fully saturated rings. The fraction of sp³-hybridized carbons (Fsp3) is 0.364. The average molecular weight is 191 g/mol. The third-order valence-electron chi connectivity index (χ3n) is 2.01. The Labute approximate surface area is 84.8 Å². The molecule has 14 heavy (non-hydrogen) atoms. The number of nitrogens with one attached hydrogen (secondary N) is 1. The second-order valence-electron chi connectivity index (χ2n) is 2.81. The first kappa shape index (κ1) is 10.6. The number of aromatic nitrogens is 2. The summed E-state index contributed by atoms with van der Waals surface area (Å²) in [6.07, 6.45) is 1.82. The number of hydrogen-bond acceptors (Lipinski definition) is 2. The van der Waals surface area contributed by atoms with Gasteiger partial charge in [0.25, 0.3) is 0 Å². The maximum absolute atomic E-state index is 4.25. The molecular weight excluding hydrogens is 174 g/mol. The largest absolute Gasteiger partial charge is 0.388 e. The van der Waals surface area contributed by atoms with Gasteiger partial charge in [-0.05, 0) is 18.2 Å². The van der Waals surface area contributed by atoms with Gasteiger partial charge in [0.15, 0.2) is 0 Å². The molecule has 0 atom stereocenters. The van der Waals surface area contributed by atoms with Crippen molar-refractivity contribution >= 4 is 16.7 Å². The van der Waals surface area contributed by atoms with Crippen LogP contribution in [0.15, 0.2) is 24.5 Å². The number of hydrogen-bond donors (Lipinski definition) is 1. The van der Waals surface area contributed by atoms with Crippen LogP contribution in [0.3, 0.4) is 0 Å². The minimum atomic E-state index is 1.03. The van der Waals surface area contributed by atoms with Crippen LogP contribution in [0, 0.1) is 0 Å². The molecule has 0 aliphatic rings. The minimum absolute atomic E-state index is 1.03. The van der Waals surface area contributed by atoms with Gasteiger partial charge >= 0.3 is 0 Å². The van der Waals surface area contributed by atoms with Crippen LogP contribution in [0.25, 0.3) is 11.0 Å². The van der Waals surface area contributed by atoms with Crippen molar-refractivity contribution in [3.63, 3.8) is 0 Å². The van der Waals surface area contributed by atoms with Gasteiger partial charge in [0.2, 0.25) is 0 Å². The molecule has 0 unspecified atom stereocenters. The number of nitrogens with zero attached hydrogens (tertiary/aromatic N) is 2. The van der Waals surface area contributed by atoms with E-state index in [1.165, 1.54) is 0 Å². The van der Waals surface area contributed by atoms with Crippen LogP contribution in [0.5, 0.6) is 0 Å². The van der Waals surface area contributed by atoms with Gasteiger partial charge in [-0.25, -0.2) is 4.98 Å². The van der Waals surface area contributed by atoms with Crippen molar-refractivity contribution in [2.75, 3.05) is 12.4 Å². The molecule has 0 bridgehead atoms. The van der Waals surface area contributed by atoms with Gasteiger partial charge in [0.1, 0.15) is 0 Å². The second kappa shape index (κ2) is 4.65. The topological polar surface area (TPSA) is 29.9 Å². The van der Waals surface area contributed by atoms with Gasteiger partial charge in [0.05, 0.1) is 17.4 Å². The number of benzene rings is 1. The van der Waals surface area contributed by atoms with E-state index in [4.69, 9.17) is 0 Å². The van der Waals surface area contributed by atoms with E-state index in [1.807, 2.05) is 51.0 Å². The molecule has 1 aromatic heterocycles. The monoisotopic (exact) mass is 191 g/mol. The maximum atomic E-state index is 4.25. The average Bonchev–Trinajstić information content (AvgIpc) is 2.63.